The average Bonchev–Trinajstić information content (AvgIpc) is 2.33. The fourth-order valence-corrected chi connectivity index (χ4v) is 2.70. The molecule has 0 bridgehead atoms. The first kappa shape index (κ1) is 13.7. The van der Waals surface area contributed by atoms with E-state index in [0.29, 0.717) is 16.4 Å². The molecule has 0 unspecified atom stereocenters. The zero-order valence-corrected chi connectivity index (χ0v) is 11.8. The molecule has 0 amide bonds. The Morgan fingerprint density at radius 2 is 1.68 bits per heavy atom. The lowest BCUT2D eigenvalue weighted by atomic mass is 10.2. The molecule has 2 aromatic carbocycles. The normalized spacial score (nSPS) is 11.3. The molecule has 0 aliphatic carbocycles. The lowest BCUT2D eigenvalue weighted by molar-refractivity contribution is 0.602. The first-order chi connectivity index (χ1) is 8.89. The molecule has 0 aliphatic heterocycles. The van der Waals surface area contributed by atoms with Gasteiger partial charge in [0.05, 0.1) is 27.0 Å². The number of para-hydroxylation sites is 2. The van der Waals surface area contributed by atoms with Gasteiger partial charge in [-0.25, -0.2) is 8.42 Å². The summed E-state index contributed by atoms with van der Waals surface area (Å²) < 4.78 is 23.2. The molecule has 0 fully saturated rings. The molecule has 0 radical (unpaired) electrons. The van der Waals surface area contributed by atoms with Gasteiger partial charge in [-0.1, -0.05) is 29.8 Å². The Hall–Kier alpha value is -1.72. The van der Waals surface area contributed by atoms with Crippen LogP contribution in [0.1, 0.15) is 0 Å². The maximum atomic E-state index is 11.6. The highest BCUT2D eigenvalue weighted by Gasteiger charge is 2.14. The van der Waals surface area contributed by atoms with Gasteiger partial charge in [0.2, 0.25) is 0 Å². The van der Waals surface area contributed by atoms with Gasteiger partial charge >= 0.3 is 0 Å². The largest absolute Gasteiger partial charge is 0.396 e. The molecule has 3 N–H and O–H groups in total. The number of sulfone groups is 1. The summed E-state index contributed by atoms with van der Waals surface area (Å²) in [5.41, 5.74) is 7.25. The van der Waals surface area contributed by atoms with Crippen LogP contribution < -0.4 is 11.1 Å². The van der Waals surface area contributed by atoms with Crippen molar-refractivity contribution < 1.29 is 8.42 Å². The number of rotatable bonds is 3. The molecule has 2 rings (SSSR count). The molecular formula is C13H13ClN2O2S. The van der Waals surface area contributed by atoms with Crippen molar-refractivity contribution in [2.45, 2.75) is 4.90 Å². The van der Waals surface area contributed by atoms with Crippen molar-refractivity contribution in [3.05, 3.63) is 47.5 Å². The number of halogens is 1. The van der Waals surface area contributed by atoms with Crippen LogP contribution in [0.15, 0.2) is 47.4 Å². The van der Waals surface area contributed by atoms with Crippen molar-refractivity contribution >= 4 is 38.5 Å². The van der Waals surface area contributed by atoms with Crippen molar-refractivity contribution in [3.8, 4) is 0 Å². The smallest absolute Gasteiger partial charge is 0.177 e. The molecule has 0 saturated carbocycles. The van der Waals surface area contributed by atoms with Crippen LogP contribution in [0.2, 0.25) is 5.02 Å². The fourth-order valence-electron chi connectivity index (χ4n) is 1.68. The van der Waals surface area contributed by atoms with Crippen LogP contribution in [0.25, 0.3) is 0 Å². The molecule has 100 valence electrons. The van der Waals surface area contributed by atoms with E-state index in [1.165, 1.54) is 6.07 Å². The van der Waals surface area contributed by atoms with Gasteiger partial charge in [0, 0.05) is 6.26 Å². The second-order valence-corrected chi connectivity index (χ2v) is 6.49. The first-order valence-corrected chi connectivity index (χ1v) is 7.76. The van der Waals surface area contributed by atoms with Gasteiger partial charge in [-0.05, 0) is 24.3 Å². The lowest BCUT2D eigenvalue weighted by Gasteiger charge is -2.13. The fraction of sp³-hybridized carbons (Fsp3) is 0.0769. The van der Waals surface area contributed by atoms with Gasteiger partial charge in [0.15, 0.2) is 9.84 Å². The SMILES string of the molecule is CS(=O)(=O)c1cccc(Nc2ccccc2Cl)c1N. The molecule has 6 heteroatoms. The van der Waals surface area contributed by atoms with Gasteiger partial charge in [-0.15, -0.1) is 0 Å². The van der Waals surface area contributed by atoms with E-state index in [9.17, 15) is 8.42 Å². The topological polar surface area (TPSA) is 72.2 Å². The highest BCUT2D eigenvalue weighted by atomic mass is 35.5. The number of hydrogen-bond donors (Lipinski definition) is 2. The van der Waals surface area contributed by atoms with E-state index in [2.05, 4.69) is 5.32 Å². The lowest BCUT2D eigenvalue weighted by Crippen LogP contribution is -2.05. The van der Waals surface area contributed by atoms with E-state index < -0.39 is 9.84 Å². The highest BCUT2D eigenvalue weighted by molar-refractivity contribution is 7.90. The maximum Gasteiger partial charge on any atom is 0.177 e. The zero-order valence-electron chi connectivity index (χ0n) is 10.2. The second kappa shape index (κ2) is 5.11. The molecule has 0 saturated heterocycles. The van der Waals surface area contributed by atoms with Crippen LogP contribution >= 0.6 is 11.6 Å². The number of hydrogen-bond acceptors (Lipinski definition) is 4. The summed E-state index contributed by atoms with van der Waals surface area (Å²) in [4.78, 5) is 0.101. The van der Waals surface area contributed by atoms with Gasteiger partial charge in [-0.2, -0.15) is 0 Å². The summed E-state index contributed by atoms with van der Waals surface area (Å²) in [6.45, 7) is 0. The molecule has 0 heterocycles. The van der Waals surface area contributed by atoms with Gasteiger partial charge < -0.3 is 11.1 Å². The molecular weight excluding hydrogens is 284 g/mol. The third kappa shape index (κ3) is 3.00. The highest BCUT2D eigenvalue weighted by Crippen LogP contribution is 2.31. The van der Waals surface area contributed by atoms with E-state index >= 15 is 0 Å². The van der Waals surface area contributed by atoms with E-state index in [-0.39, 0.29) is 10.6 Å². The Kier molecular flexibility index (Phi) is 3.68. The van der Waals surface area contributed by atoms with Crippen molar-refractivity contribution in [3.63, 3.8) is 0 Å². The summed E-state index contributed by atoms with van der Waals surface area (Å²) in [5.74, 6) is 0. The molecule has 19 heavy (non-hydrogen) atoms. The van der Waals surface area contributed by atoms with E-state index in [0.717, 1.165) is 6.26 Å². The van der Waals surface area contributed by atoms with Crippen molar-refractivity contribution in [2.75, 3.05) is 17.3 Å². The van der Waals surface area contributed by atoms with Crippen LogP contribution in [0.3, 0.4) is 0 Å². The van der Waals surface area contributed by atoms with Gasteiger partial charge in [0.1, 0.15) is 0 Å². The summed E-state index contributed by atoms with van der Waals surface area (Å²) in [5, 5.41) is 3.57. The van der Waals surface area contributed by atoms with E-state index in [1.54, 1.807) is 24.3 Å². The maximum absolute atomic E-state index is 11.6. The molecule has 2 aromatic rings. The van der Waals surface area contributed by atoms with E-state index in [4.69, 9.17) is 17.3 Å². The van der Waals surface area contributed by atoms with Gasteiger partial charge in [0.25, 0.3) is 0 Å². The van der Waals surface area contributed by atoms with Crippen LogP contribution in [0.5, 0.6) is 0 Å². The van der Waals surface area contributed by atoms with Crippen LogP contribution in [-0.2, 0) is 9.84 Å². The van der Waals surface area contributed by atoms with Crippen LogP contribution in [-0.4, -0.2) is 14.7 Å². The molecule has 0 spiro atoms. The minimum Gasteiger partial charge on any atom is -0.396 e. The third-order valence-electron chi connectivity index (χ3n) is 2.61. The molecule has 0 atom stereocenters. The Bertz CT molecular complexity index is 714. The molecule has 0 aliphatic rings. The number of nitrogens with two attached hydrogens (primary N) is 1. The monoisotopic (exact) mass is 296 g/mol. The minimum atomic E-state index is -3.36. The summed E-state index contributed by atoms with van der Waals surface area (Å²) in [6.07, 6.45) is 1.12. The van der Waals surface area contributed by atoms with Crippen molar-refractivity contribution in [1.82, 2.24) is 0 Å². The summed E-state index contributed by atoms with van der Waals surface area (Å²) in [6, 6.07) is 12.0. The first-order valence-electron chi connectivity index (χ1n) is 5.49. The summed E-state index contributed by atoms with van der Waals surface area (Å²) in [7, 11) is -3.36. The Morgan fingerprint density at radius 1 is 1.05 bits per heavy atom. The Morgan fingerprint density at radius 3 is 2.32 bits per heavy atom. The predicted octanol–water partition coefficient (Wildman–Crippen LogP) is 3.07. The quantitative estimate of drug-likeness (QED) is 0.854. The Labute approximate surface area is 117 Å². The number of anilines is 3. The molecule has 0 aromatic heterocycles. The van der Waals surface area contributed by atoms with Crippen molar-refractivity contribution in [2.24, 2.45) is 0 Å². The Balaban J connectivity index is 2.46. The van der Waals surface area contributed by atoms with Gasteiger partial charge in [-0.3, -0.25) is 0 Å². The number of nitrogens with one attached hydrogen (secondary N) is 1. The predicted molar refractivity (Wildman–Crippen MR) is 78.7 cm³/mol. The number of nitrogen functional groups attached to an aromatic ring is 1. The van der Waals surface area contributed by atoms with Crippen LogP contribution in [0, 0.1) is 0 Å². The average molecular weight is 297 g/mol. The van der Waals surface area contributed by atoms with Crippen molar-refractivity contribution in [1.29, 1.82) is 0 Å². The molecule has 4 nitrogen and oxygen atoms in total. The zero-order chi connectivity index (χ0) is 14.0. The van der Waals surface area contributed by atoms with E-state index in [1.807, 2.05) is 12.1 Å². The minimum absolute atomic E-state index is 0.101. The standard InChI is InChI=1S/C13H13ClN2O2S/c1-19(17,18)12-8-4-7-11(13(12)15)16-10-6-3-2-5-9(10)14/h2-8,16H,15H2,1H3. The number of benzene rings is 2. The third-order valence-corrected chi connectivity index (χ3v) is 4.09. The van der Waals surface area contributed by atoms with Crippen LogP contribution in [0.4, 0.5) is 17.1 Å². The second-order valence-electron chi connectivity index (χ2n) is 4.09. The summed E-state index contributed by atoms with van der Waals surface area (Å²) >= 11 is 6.03.